The van der Waals surface area contributed by atoms with E-state index in [4.69, 9.17) is 5.73 Å². The Balaban J connectivity index is 1.87. The van der Waals surface area contributed by atoms with Crippen molar-refractivity contribution < 1.29 is 4.79 Å². The van der Waals surface area contributed by atoms with Crippen LogP contribution in [0.25, 0.3) is 0 Å². The minimum atomic E-state index is -0.111. The van der Waals surface area contributed by atoms with Crippen LogP contribution in [0.1, 0.15) is 45.4 Å². The quantitative estimate of drug-likeness (QED) is 0.770. The highest BCUT2D eigenvalue weighted by atomic mass is 16.2. The summed E-state index contributed by atoms with van der Waals surface area (Å²) in [6, 6.07) is 0.101. The van der Waals surface area contributed by atoms with Gasteiger partial charge in [0.25, 0.3) is 0 Å². The maximum Gasteiger partial charge on any atom is 0.317 e. The molecule has 17 heavy (non-hydrogen) atoms. The fourth-order valence-electron chi connectivity index (χ4n) is 2.95. The van der Waals surface area contributed by atoms with Crippen LogP contribution in [0.3, 0.4) is 0 Å². The molecule has 1 saturated carbocycles. The molecule has 3 N–H and O–H groups in total. The number of carbonyl (C=O) groups is 1. The van der Waals surface area contributed by atoms with E-state index < -0.39 is 0 Å². The first kappa shape index (κ1) is 12.7. The first-order valence-corrected chi connectivity index (χ1v) is 6.92. The van der Waals surface area contributed by atoms with Gasteiger partial charge in [-0.1, -0.05) is 19.8 Å². The van der Waals surface area contributed by atoms with E-state index >= 15 is 0 Å². The molecule has 0 bridgehead atoms. The van der Waals surface area contributed by atoms with Gasteiger partial charge in [0.05, 0.1) is 5.54 Å². The predicted octanol–water partition coefficient (Wildman–Crippen LogP) is 1.70. The summed E-state index contributed by atoms with van der Waals surface area (Å²) >= 11 is 0. The Morgan fingerprint density at radius 3 is 2.47 bits per heavy atom. The molecule has 1 aliphatic heterocycles. The number of likely N-dealkylation sites (tertiary alicyclic amines) is 1. The van der Waals surface area contributed by atoms with Crippen LogP contribution in [0.4, 0.5) is 4.79 Å². The van der Waals surface area contributed by atoms with E-state index in [1.807, 2.05) is 4.90 Å². The van der Waals surface area contributed by atoms with Crippen LogP contribution in [-0.4, -0.2) is 36.1 Å². The standard InChI is InChI=1S/C13H25N3O/c1-11-4-8-16(9-5-11)12(17)15-13(10-14)6-2-3-7-13/h11H,2-10,14H2,1H3,(H,15,17). The molecule has 98 valence electrons. The third-order valence-corrected chi connectivity index (χ3v) is 4.39. The monoisotopic (exact) mass is 239 g/mol. The van der Waals surface area contributed by atoms with Crippen molar-refractivity contribution in [3.8, 4) is 0 Å². The topological polar surface area (TPSA) is 58.4 Å². The summed E-state index contributed by atoms with van der Waals surface area (Å²) in [6.45, 7) is 4.62. The summed E-state index contributed by atoms with van der Waals surface area (Å²) in [7, 11) is 0. The molecule has 0 aromatic rings. The summed E-state index contributed by atoms with van der Waals surface area (Å²) < 4.78 is 0. The lowest BCUT2D eigenvalue weighted by atomic mass is 9.97. The van der Waals surface area contributed by atoms with Crippen molar-refractivity contribution in [3.05, 3.63) is 0 Å². The van der Waals surface area contributed by atoms with Crippen molar-refractivity contribution in [1.29, 1.82) is 0 Å². The zero-order valence-corrected chi connectivity index (χ0v) is 10.9. The fourth-order valence-corrected chi connectivity index (χ4v) is 2.95. The second-order valence-corrected chi connectivity index (χ2v) is 5.79. The smallest absolute Gasteiger partial charge is 0.317 e. The van der Waals surface area contributed by atoms with Gasteiger partial charge in [-0.15, -0.1) is 0 Å². The normalized spacial score (nSPS) is 24.9. The molecule has 0 aromatic heterocycles. The van der Waals surface area contributed by atoms with Crippen molar-refractivity contribution in [2.75, 3.05) is 19.6 Å². The van der Waals surface area contributed by atoms with Crippen molar-refractivity contribution in [3.63, 3.8) is 0 Å². The highest BCUT2D eigenvalue weighted by molar-refractivity contribution is 5.75. The first-order valence-electron chi connectivity index (χ1n) is 6.92. The first-order chi connectivity index (χ1) is 8.15. The average molecular weight is 239 g/mol. The Bertz CT molecular complexity index is 266. The average Bonchev–Trinajstić information content (AvgIpc) is 2.79. The van der Waals surface area contributed by atoms with Gasteiger partial charge in [-0.25, -0.2) is 4.79 Å². The van der Waals surface area contributed by atoms with Crippen LogP contribution < -0.4 is 11.1 Å². The molecule has 0 spiro atoms. The van der Waals surface area contributed by atoms with Gasteiger partial charge in [0.2, 0.25) is 0 Å². The molecular formula is C13H25N3O. The van der Waals surface area contributed by atoms with E-state index in [0.29, 0.717) is 6.54 Å². The number of hydrogen-bond donors (Lipinski definition) is 2. The molecule has 1 heterocycles. The van der Waals surface area contributed by atoms with E-state index in [1.165, 1.54) is 12.8 Å². The van der Waals surface area contributed by atoms with Crippen LogP contribution in [0, 0.1) is 5.92 Å². The van der Waals surface area contributed by atoms with Crippen molar-refractivity contribution in [2.45, 2.75) is 51.0 Å². The van der Waals surface area contributed by atoms with Crippen LogP contribution >= 0.6 is 0 Å². The lowest BCUT2D eigenvalue weighted by Crippen LogP contribution is -2.56. The van der Waals surface area contributed by atoms with E-state index in [0.717, 1.165) is 44.7 Å². The Labute approximate surface area is 104 Å². The molecular weight excluding hydrogens is 214 g/mol. The summed E-state index contributed by atoms with van der Waals surface area (Å²) in [6.07, 6.45) is 6.72. The lowest BCUT2D eigenvalue weighted by molar-refractivity contribution is 0.162. The van der Waals surface area contributed by atoms with Gasteiger partial charge in [-0.3, -0.25) is 0 Å². The number of rotatable bonds is 2. The summed E-state index contributed by atoms with van der Waals surface area (Å²) in [4.78, 5) is 14.1. The molecule has 2 amide bonds. The van der Waals surface area contributed by atoms with Crippen molar-refractivity contribution in [1.82, 2.24) is 10.2 Å². The van der Waals surface area contributed by atoms with Gasteiger partial charge in [0, 0.05) is 19.6 Å². The van der Waals surface area contributed by atoms with E-state index in [2.05, 4.69) is 12.2 Å². The number of nitrogens with two attached hydrogens (primary N) is 1. The molecule has 0 unspecified atom stereocenters. The van der Waals surface area contributed by atoms with Crippen molar-refractivity contribution >= 4 is 6.03 Å². The minimum absolute atomic E-state index is 0.101. The second-order valence-electron chi connectivity index (χ2n) is 5.79. The number of carbonyl (C=O) groups excluding carboxylic acids is 1. The second kappa shape index (κ2) is 5.25. The largest absolute Gasteiger partial charge is 0.331 e. The Morgan fingerprint density at radius 2 is 1.94 bits per heavy atom. The summed E-state index contributed by atoms with van der Waals surface area (Å²) in [5.74, 6) is 0.758. The molecule has 4 heteroatoms. The number of nitrogens with one attached hydrogen (secondary N) is 1. The third-order valence-electron chi connectivity index (χ3n) is 4.39. The summed E-state index contributed by atoms with van der Waals surface area (Å²) in [5.41, 5.74) is 5.72. The summed E-state index contributed by atoms with van der Waals surface area (Å²) in [5, 5.41) is 3.19. The van der Waals surface area contributed by atoms with Gasteiger partial charge in [0.1, 0.15) is 0 Å². The molecule has 1 aliphatic carbocycles. The highest BCUT2D eigenvalue weighted by Crippen LogP contribution is 2.29. The van der Waals surface area contributed by atoms with Crippen LogP contribution in [0.5, 0.6) is 0 Å². The van der Waals surface area contributed by atoms with Crippen LogP contribution in [0.2, 0.25) is 0 Å². The molecule has 2 aliphatic rings. The molecule has 0 aromatic carbocycles. The molecule has 1 saturated heterocycles. The highest BCUT2D eigenvalue weighted by Gasteiger charge is 2.35. The molecule has 2 fully saturated rings. The van der Waals surface area contributed by atoms with Gasteiger partial charge in [-0.2, -0.15) is 0 Å². The van der Waals surface area contributed by atoms with E-state index in [1.54, 1.807) is 0 Å². The van der Waals surface area contributed by atoms with Gasteiger partial charge in [0.15, 0.2) is 0 Å². The Morgan fingerprint density at radius 1 is 1.35 bits per heavy atom. The third kappa shape index (κ3) is 2.92. The molecule has 0 radical (unpaired) electrons. The molecule has 4 nitrogen and oxygen atoms in total. The molecule has 0 atom stereocenters. The van der Waals surface area contributed by atoms with Crippen LogP contribution in [-0.2, 0) is 0 Å². The number of urea groups is 1. The fraction of sp³-hybridized carbons (Fsp3) is 0.923. The SMILES string of the molecule is CC1CCN(C(=O)NC2(CN)CCCC2)CC1. The maximum atomic E-state index is 12.2. The molecule has 2 rings (SSSR count). The lowest BCUT2D eigenvalue weighted by Gasteiger charge is -2.35. The zero-order valence-electron chi connectivity index (χ0n) is 10.9. The maximum absolute atomic E-state index is 12.2. The number of nitrogens with zero attached hydrogens (tertiary/aromatic N) is 1. The Kier molecular flexibility index (Phi) is 3.92. The minimum Gasteiger partial charge on any atom is -0.331 e. The number of piperidine rings is 1. The van der Waals surface area contributed by atoms with E-state index in [9.17, 15) is 4.79 Å². The van der Waals surface area contributed by atoms with Crippen molar-refractivity contribution in [2.24, 2.45) is 11.7 Å². The van der Waals surface area contributed by atoms with Gasteiger partial charge in [-0.05, 0) is 31.6 Å². The predicted molar refractivity (Wildman–Crippen MR) is 68.8 cm³/mol. The zero-order chi connectivity index (χ0) is 12.3. The van der Waals surface area contributed by atoms with Gasteiger partial charge < -0.3 is 16.0 Å². The van der Waals surface area contributed by atoms with E-state index in [-0.39, 0.29) is 11.6 Å². The van der Waals surface area contributed by atoms with Gasteiger partial charge >= 0.3 is 6.03 Å². The Hall–Kier alpha value is -0.770. The number of amides is 2. The van der Waals surface area contributed by atoms with Crippen LogP contribution in [0.15, 0.2) is 0 Å². The number of hydrogen-bond acceptors (Lipinski definition) is 2.